The third-order valence-electron chi connectivity index (χ3n) is 3.86. The van der Waals surface area contributed by atoms with Crippen LogP contribution in [-0.4, -0.2) is 29.0 Å². The van der Waals surface area contributed by atoms with E-state index in [0.717, 1.165) is 11.3 Å². The number of rotatable bonds is 5. The van der Waals surface area contributed by atoms with Crippen molar-refractivity contribution in [3.63, 3.8) is 0 Å². The lowest BCUT2D eigenvalue weighted by molar-refractivity contribution is 0.408. The highest BCUT2D eigenvalue weighted by Gasteiger charge is 2.18. The van der Waals surface area contributed by atoms with Crippen LogP contribution < -0.4 is 9.47 Å². The van der Waals surface area contributed by atoms with Gasteiger partial charge in [0.05, 0.1) is 14.2 Å². The summed E-state index contributed by atoms with van der Waals surface area (Å²) < 4.78 is 25.8. The molecular formula is C19H20FN3O2. The molecule has 1 heterocycles. The summed E-state index contributed by atoms with van der Waals surface area (Å²) in [6, 6.07) is 11.9. The second kappa shape index (κ2) is 6.93. The van der Waals surface area contributed by atoms with E-state index >= 15 is 0 Å². The average molecular weight is 341 g/mol. The molecule has 0 radical (unpaired) electrons. The van der Waals surface area contributed by atoms with Gasteiger partial charge >= 0.3 is 0 Å². The maximum atomic E-state index is 13.6. The number of methoxy groups -OCH3 is 2. The average Bonchev–Trinajstić information content (AvgIpc) is 3.07. The molecule has 0 spiro atoms. The van der Waals surface area contributed by atoms with Crippen molar-refractivity contribution >= 4 is 0 Å². The van der Waals surface area contributed by atoms with Gasteiger partial charge in [0, 0.05) is 17.5 Å². The van der Waals surface area contributed by atoms with Gasteiger partial charge in [0.25, 0.3) is 0 Å². The third-order valence-corrected chi connectivity index (χ3v) is 3.86. The summed E-state index contributed by atoms with van der Waals surface area (Å²) in [6.45, 7) is 4.05. The number of nitrogens with zero attached hydrogens (tertiary/aromatic N) is 3. The zero-order valence-corrected chi connectivity index (χ0v) is 14.7. The number of benzene rings is 2. The predicted molar refractivity (Wildman–Crippen MR) is 93.9 cm³/mol. The lowest BCUT2D eigenvalue weighted by Gasteiger charge is -2.11. The fourth-order valence-electron chi connectivity index (χ4n) is 2.49. The number of aromatic nitrogens is 3. The first-order chi connectivity index (χ1) is 12.0. The normalized spacial score (nSPS) is 11.0. The van der Waals surface area contributed by atoms with Crippen molar-refractivity contribution in [3.05, 3.63) is 54.1 Å². The quantitative estimate of drug-likeness (QED) is 0.697. The highest BCUT2D eigenvalue weighted by atomic mass is 19.1. The third kappa shape index (κ3) is 3.33. The molecule has 0 saturated heterocycles. The zero-order chi connectivity index (χ0) is 18.0. The van der Waals surface area contributed by atoms with E-state index in [-0.39, 0.29) is 11.7 Å². The first-order valence-electron chi connectivity index (χ1n) is 7.98. The summed E-state index contributed by atoms with van der Waals surface area (Å²) in [7, 11) is 3.13. The molecule has 6 heteroatoms. The van der Waals surface area contributed by atoms with Gasteiger partial charge in [0.1, 0.15) is 23.0 Å². The van der Waals surface area contributed by atoms with Gasteiger partial charge in [-0.25, -0.2) is 14.1 Å². The molecule has 3 rings (SSSR count). The second-order valence-corrected chi connectivity index (χ2v) is 5.90. The van der Waals surface area contributed by atoms with E-state index in [1.165, 1.54) is 19.2 Å². The van der Waals surface area contributed by atoms with E-state index in [1.807, 2.05) is 38.1 Å². The van der Waals surface area contributed by atoms with E-state index in [9.17, 15) is 4.39 Å². The Morgan fingerprint density at radius 2 is 1.72 bits per heavy atom. The monoisotopic (exact) mass is 341 g/mol. The highest BCUT2D eigenvalue weighted by Crippen LogP contribution is 2.30. The van der Waals surface area contributed by atoms with Gasteiger partial charge in [-0.15, -0.1) is 0 Å². The van der Waals surface area contributed by atoms with Crippen molar-refractivity contribution in [2.75, 3.05) is 14.2 Å². The lowest BCUT2D eigenvalue weighted by Crippen LogP contribution is -2.03. The van der Waals surface area contributed by atoms with Crippen LogP contribution in [-0.2, 0) is 0 Å². The van der Waals surface area contributed by atoms with Crippen molar-refractivity contribution < 1.29 is 13.9 Å². The van der Waals surface area contributed by atoms with Gasteiger partial charge in [-0.3, -0.25) is 0 Å². The summed E-state index contributed by atoms with van der Waals surface area (Å²) in [5, 5.41) is 4.61. The molecule has 3 aromatic rings. The fourth-order valence-corrected chi connectivity index (χ4v) is 2.49. The van der Waals surface area contributed by atoms with Gasteiger partial charge in [-0.1, -0.05) is 13.8 Å². The van der Waals surface area contributed by atoms with Crippen LogP contribution >= 0.6 is 0 Å². The molecule has 0 aliphatic rings. The molecule has 0 unspecified atom stereocenters. The molecule has 0 fully saturated rings. The number of halogens is 1. The largest absolute Gasteiger partial charge is 0.497 e. The molecule has 0 atom stereocenters. The summed E-state index contributed by atoms with van der Waals surface area (Å²) >= 11 is 0. The number of hydrogen-bond acceptors (Lipinski definition) is 4. The summed E-state index contributed by atoms with van der Waals surface area (Å²) in [5.41, 5.74) is 1.51. The Morgan fingerprint density at radius 1 is 1.00 bits per heavy atom. The Hall–Kier alpha value is -2.89. The van der Waals surface area contributed by atoms with Crippen LogP contribution in [0.2, 0.25) is 0 Å². The Morgan fingerprint density at radius 3 is 2.32 bits per heavy atom. The van der Waals surface area contributed by atoms with Crippen LogP contribution in [0.3, 0.4) is 0 Å². The van der Waals surface area contributed by atoms with E-state index in [1.54, 1.807) is 17.9 Å². The van der Waals surface area contributed by atoms with Gasteiger partial charge in [0.15, 0.2) is 11.6 Å². The molecule has 130 valence electrons. The molecule has 0 bridgehead atoms. The maximum absolute atomic E-state index is 13.6. The molecule has 0 N–H and O–H groups in total. The van der Waals surface area contributed by atoms with Gasteiger partial charge in [-0.2, -0.15) is 5.10 Å². The standard InChI is InChI=1S/C19H20FN3O2/c1-12(2)18-21-19(13-5-8-15(24-3)9-6-13)23(22-18)16-10-7-14(20)11-17(16)25-4/h5-12H,1-4H3. The van der Waals surface area contributed by atoms with E-state index in [4.69, 9.17) is 9.47 Å². The van der Waals surface area contributed by atoms with Crippen molar-refractivity contribution in [1.29, 1.82) is 0 Å². The minimum Gasteiger partial charge on any atom is -0.497 e. The first kappa shape index (κ1) is 17.0. The van der Waals surface area contributed by atoms with Crippen molar-refractivity contribution in [2.45, 2.75) is 19.8 Å². The molecular weight excluding hydrogens is 321 g/mol. The summed E-state index contributed by atoms with van der Waals surface area (Å²) in [5.74, 6) is 2.32. The van der Waals surface area contributed by atoms with Crippen LogP contribution in [0.1, 0.15) is 25.6 Å². The molecule has 2 aromatic carbocycles. The Balaban J connectivity index is 2.18. The smallest absolute Gasteiger partial charge is 0.163 e. The first-order valence-corrected chi connectivity index (χ1v) is 7.98. The van der Waals surface area contributed by atoms with Gasteiger partial charge < -0.3 is 9.47 Å². The Labute approximate surface area is 146 Å². The SMILES string of the molecule is COc1ccc(-c2nc(C(C)C)nn2-c2ccc(F)cc2OC)cc1. The Bertz CT molecular complexity index is 873. The fraction of sp³-hybridized carbons (Fsp3) is 0.263. The molecule has 25 heavy (non-hydrogen) atoms. The van der Waals surface area contributed by atoms with Crippen LogP contribution in [0.4, 0.5) is 4.39 Å². The van der Waals surface area contributed by atoms with Gasteiger partial charge in [-0.05, 0) is 36.4 Å². The molecule has 0 amide bonds. The number of ether oxygens (including phenoxy) is 2. The summed E-state index contributed by atoms with van der Waals surface area (Å²) in [4.78, 5) is 4.67. The van der Waals surface area contributed by atoms with Crippen LogP contribution in [0.15, 0.2) is 42.5 Å². The lowest BCUT2D eigenvalue weighted by atomic mass is 10.2. The number of hydrogen-bond donors (Lipinski definition) is 0. The van der Waals surface area contributed by atoms with Gasteiger partial charge in [0.2, 0.25) is 0 Å². The topological polar surface area (TPSA) is 49.2 Å². The molecule has 0 aliphatic heterocycles. The molecule has 0 aliphatic carbocycles. The Kier molecular flexibility index (Phi) is 4.70. The van der Waals surface area contributed by atoms with Crippen molar-refractivity contribution in [2.24, 2.45) is 0 Å². The maximum Gasteiger partial charge on any atom is 0.163 e. The molecule has 1 aromatic heterocycles. The van der Waals surface area contributed by atoms with Crippen LogP contribution in [0.5, 0.6) is 11.5 Å². The van der Waals surface area contributed by atoms with Crippen LogP contribution in [0, 0.1) is 5.82 Å². The van der Waals surface area contributed by atoms with E-state index in [2.05, 4.69) is 10.1 Å². The van der Waals surface area contributed by atoms with E-state index in [0.29, 0.717) is 23.1 Å². The minimum atomic E-state index is -0.365. The second-order valence-electron chi connectivity index (χ2n) is 5.90. The van der Waals surface area contributed by atoms with Crippen molar-refractivity contribution in [1.82, 2.24) is 14.8 Å². The molecule has 5 nitrogen and oxygen atoms in total. The highest BCUT2D eigenvalue weighted by molar-refractivity contribution is 5.61. The predicted octanol–water partition coefficient (Wildman–Crippen LogP) is 4.21. The molecule has 0 saturated carbocycles. The zero-order valence-electron chi connectivity index (χ0n) is 14.7. The minimum absolute atomic E-state index is 0.157. The summed E-state index contributed by atoms with van der Waals surface area (Å²) in [6.07, 6.45) is 0. The van der Waals surface area contributed by atoms with Crippen molar-refractivity contribution in [3.8, 4) is 28.6 Å². The van der Waals surface area contributed by atoms with E-state index < -0.39 is 0 Å². The van der Waals surface area contributed by atoms with Crippen LogP contribution in [0.25, 0.3) is 17.1 Å².